The number of rotatable bonds is 4. The molecule has 1 unspecified atom stereocenters. The lowest BCUT2D eigenvalue weighted by Gasteiger charge is -2.11. The number of nitrogens with one attached hydrogen (secondary N) is 1. The van der Waals surface area contributed by atoms with E-state index in [2.05, 4.69) is 50.8 Å². The van der Waals surface area contributed by atoms with Crippen LogP contribution in [0.5, 0.6) is 0 Å². The molecule has 1 aliphatic heterocycles. The van der Waals surface area contributed by atoms with Gasteiger partial charge in [-0.3, -0.25) is 0 Å². The molecule has 1 N–H and O–H groups in total. The van der Waals surface area contributed by atoms with Crippen molar-refractivity contribution in [1.82, 2.24) is 10.2 Å². The molecule has 0 aromatic heterocycles. The second kappa shape index (κ2) is 5.77. The quantitative estimate of drug-likeness (QED) is 0.791. The van der Waals surface area contributed by atoms with E-state index in [4.69, 9.17) is 0 Å². The van der Waals surface area contributed by atoms with Crippen molar-refractivity contribution in [1.29, 1.82) is 0 Å². The van der Waals surface area contributed by atoms with Gasteiger partial charge in [-0.2, -0.15) is 0 Å². The summed E-state index contributed by atoms with van der Waals surface area (Å²) in [5.74, 6) is 0.839. The minimum atomic E-state index is 0.839. The number of hydrogen-bond donors (Lipinski definition) is 1. The maximum Gasteiger partial charge on any atom is 0.0205 e. The van der Waals surface area contributed by atoms with Crippen molar-refractivity contribution in [2.24, 2.45) is 5.92 Å². The highest BCUT2D eigenvalue weighted by Crippen LogP contribution is 2.13. The molecule has 2 rings (SSSR count). The van der Waals surface area contributed by atoms with E-state index in [1.54, 1.807) is 0 Å². The van der Waals surface area contributed by atoms with Crippen molar-refractivity contribution < 1.29 is 0 Å². The Balaban J connectivity index is 1.70. The molecule has 1 aromatic rings. The fourth-order valence-electron chi connectivity index (χ4n) is 2.25. The van der Waals surface area contributed by atoms with Crippen LogP contribution in [0.3, 0.4) is 0 Å². The van der Waals surface area contributed by atoms with Gasteiger partial charge in [-0.05, 0) is 43.3 Å². The second-order valence-electron chi connectivity index (χ2n) is 4.79. The van der Waals surface area contributed by atoms with Crippen LogP contribution in [-0.4, -0.2) is 31.6 Å². The van der Waals surface area contributed by atoms with Gasteiger partial charge in [0.1, 0.15) is 0 Å². The van der Waals surface area contributed by atoms with E-state index in [1.165, 1.54) is 30.4 Å². The van der Waals surface area contributed by atoms with Gasteiger partial charge in [0.05, 0.1) is 0 Å². The molecule has 1 aromatic carbocycles. The molecule has 3 heteroatoms. The summed E-state index contributed by atoms with van der Waals surface area (Å²) < 4.78 is 0. The van der Waals surface area contributed by atoms with Crippen molar-refractivity contribution in [2.45, 2.75) is 13.0 Å². The summed E-state index contributed by atoms with van der Waals surface area (Å²) in [7, 11) is 4.92. The Hall–Kier alpha value is -0.430. The van der Waals surface area contributed by atoms with Gasteiger partial charge in [-0.1, -0.05) is 24.3 Å². The normalized spacial score (nSPS) is 21.5. The molecule has 1 saturated heterocycles. The molecule has 2 nitrogen and oxygen atoms in total. The molecule has 1 fully saturated rings. The lowest BCUT2D eigenvalue weighted by atomic mass is 10.1. The predicted octanol–water partition coefficient (Wildman–Crippen LogP) is 1.23. The fraction of sp³-hybridized carbons (Fsp3) is 0.538. The Morgan fingerprint density at radius 2 is 2.12 bits per heavy atom. The molecule has 0 amide bonds. The highest BCUT2D eigenvalue weighted by molar-refractivity contribution is 7.27. The van der Waals surface area contributed by atoms with Gasteiger partial charge in [0, 0.05) is 13.1 Å². The van der Waals surface area contributed by atoms with Crippen LogP contribution in [0.2, 0.25) is 0 Å². The Morgan fingerprint density at radius 1 is 1.38 bits per heavy atom. The van der Waals surface area contributed by atoms with Gasteiger partial charge in [0.25, 0.3) is 0 Å². The smallest absolute Gasteiger partial charge is 0.0205 e. The average Bonchev–Trinajstić information content (AvgIpc) is 2.67. The standard InChI is InChI=1S/C13H21N2P/c1-15-7-6-12(10-15)9-14-8-11-2-4-13(16)5-3-11/h2-5,12,14H,6-10,16H2,1H3/t12-/m1/s1. The van der Waals surface area contributed by atoms with Gasteiger partial charge in [-0.25, -0.2) is 0 Å². The SMILES string of the molecule is CN1CC[C@H](CNCc2ccc(P)cc2)C1. The third-order valence-electron chi connectivity index (χ3n) is 3.23. The largest absolute Gasteiger partial charge is 0.312 e. The number of hydrogen-bond acceptors (Lipinski definition) is 2. The summed E-state index contributed by atoms with van der Waals surface area (Å²) in [4.78, 5) is 2.41. The summed E-state index contributed by atoms with van der Waals surface area (Å²) in [6.45, 7) is 4.64. The third-order valence-corrected chi connectivity index (χ3v) is 3.62. The van der Waals surface area contributed by atoms with Gasteiger partial charge < -0.3 is 10.2 Å². The fourth-order valence-corrected chi connectivity index (χ4v) is 2.44. The molecule has 0 radical (unpaired) electrons. The van der Waals surface area contributed by atoms with E-state index >= 15 is 0 Å². The van der Waals surface area contributed by atoms with Crippen molar-refractivity contribution in [3.05, 3.63) is 29.8 Å². The first-order valence-corrected chi connectivity index (χ1v) is 6.55. The highest BCUT2D eigenvalue weighted by atomic mass is 31.0. The van der Waals surface area contributed by atoms with Crippen LogP contribution < -0.4 is 10.6 Å². The van der Waals surface area contributed by atoms with Crippen LogP contribution in [0.15, 0.2) is 24.3 Å². The van der Waals surface area contributed by atoms with Gasteiger partial charge in [-0.15, -0.1) is 9.24 Å². The molecule has 1 aliphatic rings. The Bertz CT molecular complexity index is 323. The van der Waals surface area contributed by atoms with Crippen LogP contribution in [0, 0.1) is 5.92 Å². The monoisotopic (exact) mass is 236 g/mol. The van der Waals surface area contributed by atoms with E-state index in [9.17, 15) is 0 Å². The van der Waals surface area contributed by atoms with Crippen LogP contribution in [0.25, 0.3) is 0 Å². The third kappa shape index (κ3) is 3.55. The van der Waals surface area contributed by atoms with Crippen molar-refractivity contribution in [3.63, 3.8) is 0 Å². The zero-order valence-electron chi connectivity index (χ0n) is 9.95. The molecule has 16 heavy (non-hydrogen) atoms. The zero-order chi connectivity index (χ0) is 11.4. The summed E-state index contributed by atoms with van der Waals surface area (Å²) in [5, 5.41) is 4.80. The Morgan fingerprint density at radius 3 is 2.75 bits per heavy atom. The van der Waals surface area contributed by atoms with Crippen LogP contribution in [0.1, 0.15) is 12.0 Å². The van der Waals surface area contributed by atoms with E-state index in [1.807, 2.05) is 0 Å². The van der Waals surface area contributed by atoms with Crippen LogP contribution in [0.4, 0.5) is 0 Å². The topological polar surface area (TPSA) is 15.3 Å². The van der Waals surface area contributed by atoms with Crippen molar-refractivity contribution in [2.75, 3.05) is 26.7 Å². The van der Waals surface area contributed by atoms with Gasteiger partial charge in [0.2, 0.25) is 0 Å². The molecule has 0 spiro atoms. The average molecular weight is 236 g/mol. The molecular formula is C13H21N2P. The predicted molar refractivity (Wildman–Crippen MR) is 73.1 cm³/mol. The maximum atomic E-state index is 3.55. The van der Waals surface area contributed by atoms with Gasteiger partial charge in [0.15, 0.2) is 0 Å². The lowest BCUT2D eigenvalue weighted by molar-refractivity contribution is 0.388. The molecule has 0 aliphatic carbocycles. The lowest BCUT2D eigenvalue weighted by Crippen LogP contribution is -2.24. The van der Waals surface area contributed by atoms with E-state index < -0.39 is 0 Å². The van der Waals surface area contributed by atoms with Crippen LogP contribution >= 0.6 is 9.24 Å². The van der Waals surface area contributed by atoms with Gasteiger partial charge >= 0.3 is 0 Å². The summed E-state index contributed by atoms with van der Waals surface area (Å²) >= 11 is 0. The van der Waals surface area contributed by atoms with Crippen molar-refractivity contribution >= 4 is 14.5 Å². The second-order valence-corrected chi connectivity index (χ2v) is 5.46. The first-order valence-electron chi connectivity index (χ1n) is 5.98. The minimum absolute atomic E-state index is 0.839. The number of nitrogens with zero attached hydrogens (tertiary/aromatic N) is 1. The Labute approximate surface area is 101 Å². The van der Waals surface area contributed by atoms with E-state index in [0.29, 0.717) is 0 Å². The summed E-state index contributed by atoms with van der Waals surface area (Å²) in [5.41, 5.74) is 1.37. The molecular weight excluding hydrogens is 215 g/mol. The van der Waals surface area contributed by atoms with E-state index in [0.717, 1.165) is 19.0 Å². The van der Waals surface area contributed by atoms with Crippen molar-refractivity contribution in [3.8, 4) is 0 Å². The van der Waals surface area contributed by atoms with E-state index in [-0.39, 0.29) is 0 Å². The first-order chi connectivity index (χ1) is 7.74. The summed E-state index contributed by atoms with van der Waals surface area (Å²) in [6, 6.07) is 8.67. The molecule has 88 valence electrons. The zero-order valence-corrected chi connectivity index (χ0v) is 11.1. The highest BCUT2D eigenvalue weighted by Gasteiger charge is 2.18. The summed E-state index contributed by atoms with van der Waals surface area (Å²) in [6.07, 6.45) is 1.34. The maximum absolute atomic E-state index is 3.55. The first kappa shape index (κ1) is 12.0. The molecule has 1 heterocycles. The Kier molecular flexibility index (Phi) is 4.34. The minimum Gasteiger partial charge on any atom is -0.312 e. The molecule has 2 atom stereocenters. The van der Waals surface area contributed by atoms with Crippen LogP contribution in [-0.2, 0) is 6.54 Å². The number of likely N-dealkylation sites (tertiary alicyclic amines) is 1. The molecule has 0 saturated carbocycles. The molecule has 0 bridgehead atoms. The number of benzene rings is 1.